The van der Waals surface area contributed by atoms with Crippen LogP contribution in [0.3, 0.4) is 0 Å². The molecule has 0 aliphatic rings. The van der Waals surface area contributed by atoms with Gasteiger partial charge in [0.25, 0.3) is 0 Å². The van der Waals surface area contributed by atoms with Crippen LogP contribution in [-0.2, 0) is 4.74 Å². The molecule has 4 nitrogen and oxygen atoms in total. The maximum atomic E-state index is 10.7. The maximum Gasteiger partial charge on any atom is 0.335 e. The molecule has 0 heterocycles. The van der Waals surface area contributed by atoms with Gasteiger partial charge in [-0.25, -0.2) is 4.79 Å². The van der Waals surface area contributed by atoms with Crippen molar-refractivity contribution in [1.29, 1.82) is 0 Å². The van der Waals surface area contributed by atoms with Crippen molar-refractivity contribution in [2.75, 3.05) is 19.8 Å². The molecule has 0 amide bonds. The van der Waals surface area contributed by atoms with E-state index >= 15 is 0 Å². The highest BCUT2D eigenvalue weighted by atomic mass is 79.9. The number of ether oxygens (including phenoxy) is 2. The first-order chi connectivity index (χ1) is 7.65. The van der Waals surface area contributed by atoms with Crippen molar-refractivity contribution in [3.63, 3.8) is 0 Å². The molecule has 0 aromatic heterocycles. The van der Waals surface area contributed by atoms with Crippen LogP contribution in [0.15, 0.2) is 22.7 Å². The van der Waals surface area contributed by atoms with Crippen LogP contribution in [0.5, 0.6) is 5.75 Å². The molecule has 0 saturated heterocycles. The van der Waals surface area contributed by atoms with Gasteiger partial charge in [-0.3, -0.25) is 0 Å². The summed E-state index contributed by atoms with van der Waals surface area (Å²) in [6, 6.07) is 4.65. The van der Waals surface area contributed by atoms with Crippen molar-refractivity contribution >= 4 is 21.9 Å². The molecule has 5 heteroatoms. The Kier molecular flexibility index (Phi) is 5.28. The largest absolute Gasteiger partial charge is 0.490 e. The molecule has 0 aliphatic heterocycles. The average Bonchev–Trinajstić information content (AvgIpc) is 2.26. The predicted molar refractivity (Wildman–Crippen MR) is 63.1 cm³/mol. The molecule has 16 heavy (non-hydrogen) atoms. The molecular weight excluding hydrogens is 276 g/mol. The van der Waals surface area contributed by atoms with Gasteiger partial charge >= 0.3 is 5.97 Å². The van der Waals surface area contributed by atoms with Gasteiger partial charge in [-0.1, -0.05) is 0 Å². The Bertz CT molecular complexity index is 365. The molecule has 88 valence electrons. The SMILES string of the molecule is CCOCCOc1cc(C(=O)O)ccc1Br. The summed E-state index contributed by atoms with van der Waals surface area (Å²) in [5.41, 5.74) is 0.203. The lowest BCUT2D eigenvalue weighted by Crippen LogP contribution is -2.07. The third-order valence-corrected chi connectivity index (χ3v) is 2.52. The molecule has 1 N–H and O–H groups in total. The average molecular weight is 289 g/mol. The van der Waals surface area contributed by atoms with Crippen molar-refractivity contribution in [2.45, 2.75) is 6.92 Å². The number of hydrogen-bond acceptors (Lipinski definition) is 3. The van der Waals surface area contributed by atoms with Crippen molar-refractivity contribution in [2.24, 2.45) is 0 Å². The van der Waals surface area contributed by atoms with Gasteiger partial charge in [0.2, 0.25) is 0 Å². The highest BCUT2D eigenvalue weighted by Gasteiger charge is 2.07. The number of carbonyl (C=O) groups is 1. The topological polar surface area (TPSA) is 55.8 Å². The van der Waals surface area contributed by atoms with E-state index in [4.69, 9.17) is 14.6 Å². The summed E-state index contributed by atoms with van der Waals surface area (Å²) >= 11 is 3.29. The Morgan fingerprint density at radius 2 is 2.19 bits per heavy atom. The fourth-order valence-corrected chi connectivity index (χ4v) is 1.46. The van der Waals surface area contributed by atoms with E-state index in [9.17, 15) is 4.79 Å². The van der Waals surface area contributed by atoms with Crippen molar-refractivity contribution in [3.8, 4) is 5.75 Å². The first-order valence-corrected chi connectivity index (χ1v) is 5.68. The first-order valence-electron chi connectivity index (χ1n) is 4.88. The zero-order chi connectivity index (χ0) is 12.0. The molecule has 0 fully saturated rings. The minimum Gasteiger partial charge on any atom is -0.490 e. The number of benzene rings is 1. The van der Waals surface area contributed by atoms with E-state index < -0.39 is 5.97 Å². The van der Waals surface area contributed by atoms with Crippen LogP contribution in [-0.4, -0.2) is 30.9 Å². The third kappa shape index (κ3) is 3.83. The smallest absolute Gasteiger partial charge is 0.335 e. The molecule has 0 unspecified atom stereocenters. The highest BCUT2D eigenvalue weighted by Crippen LogP contribution is 2.26. The van der Waals surface area contributed by atoms with Gasteiger partial charge < -0.3 is 14.6 Å². The van der Waals surface area contributed by atoms with E-state index in [-0.39, 0.29) is 5.56 Å². The lowest BCUT2D eigenvalue weighted by molar-refractivity contribution is 0.0696. The number of rotatable bonds is 6. The standard InChI is InChI=1S/C11H13BrO4/c1-2-15-5-6-16-10-7-8(11(13)14)3-4-9(10)12/h3-4,7H,2,5-6H2,1H3,(H,13,14). The van der Waals surface area contributed by atoms with E-state index in [1.807, 2.05) is 6.92 Å². The van der Waals surface area contributed by atoms with Crippen LogP contribution < -0.4 is 4.74 Å². The maximum absolute atomic E-state index is 10.7. The molecule has 0 aliphatic carbocycles. The number of aromatic carboxylic acids is 1. The summed E-state index contributed by atoms with van der Waals surface area (Å²) in [5.74, 6) is -0.457. The van der Waals surface area contributed by atoms with Gasteiger partial charge in [0.15, 0.2) is 0 Å². The number of carboxylic acid groups (broad SMARTS) is 1. The molecule has 0 saturated carbocycles. The fourth-order valence-electron chi connectivity index (χ4n) is 1.10. The van der Waals surface area contributed by atoms with Crippen molar-refractivity contribution in [1.82, 2.24) is 0 Å². The Balaban J connectivity index is 2.63. The predicted octanol–water partition coefficient (Wildman–Crippen LogP) is 2.56. The van der Waals surface area contributed by atoms with Gasteiger partial charge in [0.1, 0.15) is 12.4 Å². The van der Waals surface area contributed by atoms with Crippen LogP contribution in [0.4, 0.5) is 0 Å². The Hall–Kier alpha value is -1.07. The molecule has 0 atom stereocenters. The molecule has 1 aromatic rings. The van der Waals surface area contributed by atoms with Crippen LogP contribution in [0.1, 0.15) is 17.3 Å². The van der Waals surface area contributed by atoms with E-state index in [1.54, 1.807) is 6.07 Å². The lowest BCUT2D eigenvalue weighted by Gasteiger charge is -2.08. The second-order valence-corrected chi connectivity index (χ2v) is 3.85. The summed E-state index contributed by atoms with van der Waals surface area (Å²) in [6.45, 7) is 3.43. The summed E-state index contributed by atoms with van der Waals surface area (Å²) in [4.78, 5) is 10.7. The Morgan fingerprint density at radius 1 is 1.44 bits per heavy atom. The summed E-state index contributed by atoms with van der Waals surface area (Å²) in [6.07, 6.45) is 0. The van der Waals surface area contributed by atoms with Crippen LogP contribution in [0.25, 0.3) is 0 Å². The highest BCUT2D eigenvalue weighted by molar-refractivity contribution is 9.10. The number of halogens is 1. The molecule has 1 aromatic carbocycles. The van der Waals surface area contributed by atoms with Crippen LogP contribution in [0.2, 0.25) is 0 Å². The van der Waals surface area contributed by atoms with E-state index in [1.165, 1.54) is 12.1 Å². The molecule has 0 spiro atoms. The zero-order valence-electron chi connectivity index (χ0n) is 8.90. The summed E-state index contributed by atoms with van der Waals surface area (Å²) in [7, 11) is 0. The monoisotopic (exact) mass is 288 g/mol. The minimum absolute atomic E-state index is 0.203. The van der Waals surface area contributed by atoms with Gasteiger partial charge in [0, 0.05) is 6.61 Å². The minimum atomic E-state index is -0.970. The van der Waals surface area contributed by atoms with Crippen LogP contribution >= 0.6 is 15.9 Å². The van der Waals surface area contributed by atoms with Crippen molar-refractivity contribution < 1.29 is 19.4 Å². The molecule has 0 radical (unpaired) electrons. The van der Waals surface area contributed by atoms with Crippen molar-refractivity contribution in [3.05, 3.63) is 28.2 Å². The number of carboxylic acids is 1. The van der Waals surface area contributed by atoms with E-state index in [2.05, 4.69) is 15.9 Å². The second kappa shape index (κ2) is 6.50. The van der Waals surface area contributed by atoms with Gasteiger partial charge in [0.05, 0.1) is 16.6 Å². The summed E-state index contributed by atoms with van der Waals surface area (Å²) < 4.78 is 11.2. The van der Waals surface area contributed by atoms with Gasteiger partial charge in [-0.2, -0.15) is 0 Å². The van der Waals surface area contributed by atoms with E-state index in [0.29, 0.717) is 25.6 Å². The number of hydrogen-bond donors (Lipinski definition) is 1. The van der Waals surface area contributed by atoms with Gasteiger partial charge in [-0.15, -0.1) is 0 Å². The zero-order valence-corrected chi connectivity index (χ0v) is 10.5. The Morgan fingerprint density at radius 3 is 2.81 bits per heavy atom. The fraction of sp³-hybridized carbons (Fsp3) is 0.364. The van der Waals surface area contributed by atoms with Crippen LogP contribution in [0, 0.1) is 0 Å². The second-order valence-electron chi connectivity index (χ2n) is 3.00. The quantitative estimate of drug-likeness (QED) is 0.818. The summed E-state index contributed by atoms with van der Waals surface area (Å²) in [5, 5.41) is 8.81. The normalized spacial score (nSPS) is 10.1. The van der Waals surface area contributed by atoms with E-state index in [0.717, 1.165) is 4.47 Å². The molecular formula is C11H13BrO4. The molecule has 0 bridgehead atoms. The lowest BCUT2D eigenvalue weighted by atomic mass is 10.2. The molecule has 1 rings (SSSR count). The van der Waals surface area contributed by atoms with Gasteiger partial charge in [-0.05, 0) is 41.1 Å². The first kappa shape index (κ1) is 13.0. The third-order valence-electron chi connectivity index (χ3n) is 1.87. The Labute approximate surface area is 102 Å².